The van der Waals surface area contributed by atoms with Crippen molar-refractivity contribution in [3.63, 3.8) is 0 Å². The maximum Gasteiger partial charge on any atom is 0.222 e. The van der Waals surface area contributed by atoms with Crippen molar-refractivity contribution >= 4 is 50.9 Å². The van der Waals surface area contributed by atoms with Gasteiger partial charge in [0.25, 0.3) is 0 Å². The van der Waals surface area contributed by atoms with Crippen LogP contribution in [-0.2, 0) is 6.61 Å². The van der Waals surface area contributed by atoms with E-state index in [1.165, 1.54) is 0 Å². The van der Waals surface area contributed by atoms with Crippen molar-refractivity contribution in [3.05, 3.63) is 62.0 Å². The monoisotopic (exact) mass is 463 g/mol. The van der Waals surface area contributed by atoms with Gasteiger partial charge in [-0.1, -0.05) is 45.2 Å². The van der Waals surface area contributed by atoms with Gasteiger partial charge in [-0.25, -0.2) is 4.98 Å². The third-order valence-corrected chi connectivity index (χ3v) is 4.90. The number of hydrogen-bond acceptors (Lipinski definition) is 6. The van der Waals surface area contributed by atoms with Crippen LogP contribution in [0.1, 0.15) is 11.1 Å². The Kier molecular flexibility index (Phi) is 5.71. The van der Waals surface area contributed by atoms with E-state index in [0.717, 1.165) is 4.47 Å². The first-order valence-electron chi connectivity index (χ1n) is 7.59. The highest BCUT2D eigenvalue weighted by atomic mass is 79.9. The molecule has 1 heterocycles. The Bertz CT molecular complexity index is 1050. The lowest BCUT2D eigenvalue weighted by Gasteiger charge is -2.15. The Morgan fingerprint density at radius 1 is 1.11 bits per heavy atom. The van der Waals surface area contributed by atoms with Crippen molar-refractivity contribution in [2.24, 2.45) is 0 Å². The first-order chi connectivity index (χ1) is 12.9. The molecule has 0 bridgehead atoms. The number of anilines is 2. The number of nitrogen functional groups attached to an aromatic ring is 2. The minimum atomic E-state index is -0.0402. The van der Waals surface area contributed by atoms with E-state index in [1.54, 1.807) is 36.4 Å². The largest absolute Gasteiger partial charge is 0.488 e. The van der Waals surface area contributed by atoms with Crippen LogP contribution in [0.3, 0.4) is 0 Å². The molecule has 136 valence electrons. The molecule has 2 aromatic carbocycles. The normalized spacial score (nSPS) is 10.4. The lowest BCUT2D eigenvalue weighted by atomic mass is 10.1. The summed E-state index contributed by atoms with van der Waals surface area (Å²) in [6, 6.07) is 12.5. The van der Waals surface area contributed by atoms with E-state index in [2.05, 4.69) is 25.9 Å². The van der Waals surface area contributed by atoms with Crippen molar-refractivity contribution < 1.29 is 4.74 Å². The summed E-state index contributed by atoms with van der Waals surface area (Å²) in [6.07, 6.45) is 0. The Hall–Kier alpha value is -2.53. The fraction of sp³-hybridized carbons (Fsp3) is 0.0556. The number of hydrogen-bond donors (Lipinski definition) is 2. The molecule has 0 aliphatic rings. The van der Waals surface area contributed by atoms with E-state index < -0.39 is 0 Å². The predicted octanol–water partition coefficient (Wildman–Crippen LogP) is 4.83. The molecule has 4 N–H and O–H groups in total. The zero-order valence-electron chi connectivity index (χ0n) is 13.7. The molecular formula is C18H12BrCl2N5O. The molecule has 9 heteroatoms. The van der Waals surface area contributed by atoms with Gasteiger partial charge >= 0.3 is 0 Å². The average molecular weight is 465 g/mol. The zero-order valence-corrected chi connectivity index (χ0v) is 16.8. The van der Waals surface area contributed by atoms with Gasteiger partial charge in [0.15, 0.2) is 0 Å². The fourth-order valence-corrected chi connectivity index (χ4v) is 3.30. The Labute approximate surface area is 173 Å². The minimum Gasteiger partial charge on any atom is -0.488 e. The molecule has 0 unspecified atom stereocenters. The third-order valence-electron chi connectivity index (χ3n) is 3.70. The van der Waals surface area contributed by atoms with E-state index in [4.69, 9.17) is 39.4 Å². The first kappa shape index (κ1) is 19.2. The maximum absolute atomic E-state index is 9.45. The highest BCUT2D eigenvalue weighted by molar-refractivity contribution is 9.10. The average Bonchev–Trinajstić information content (AvgIpc) is 2.61. The van der Waals surface area contributed by atoms with E-state index in [1.807, 2.05) is 6.07 Å². The Morgan fingerprint density at radius 2 is 1.81 bits per heavy atom. The van der Waals surface area contributed by atoms with E-state index >= 15 is 0 Å². The molecule has 27 heavy (non-hydrogen) atoms. The van der Waals surface area contributed by atoms with Crippen LogP contribution in [0.15, 0.2) is 40.9 Å². The molecule has 6 nitrogen and oxygen atoms in total. The van der Waals surface area contributed by atoms with Gasteiger partial charge in [0.05, 0.1) is 5.69 Å². The van der Waals surface area contributed by atoms with Crippen LogP contribution in [0.2, 0.25) is 10.0 Å². The van der Waals surface area contributed by atoms with Crippen molar-refractivity contribution in [2.45, 2.75) is 6.61 Å². The first-order valence-corrected chi connectivity index (χ1v) is 9.14. The van der Waals surface area contributed by atoms with Crippen molar-refractivity contribution in [1.29, 1.82) is 5.26 Å². The lowest BCUT2D eigenvalue weighted by molar-refractivity contribution is 0.307. The fourth-order valence-electron chi connectivity index (χ4n) is 2.43. The molecule has 0 aliphatic carbocycles. The molecular weight excluding hydrogens is 453 g/mol. The summed E-state index contributed by atoms with van der Waals surface area (Å²) in [4.78, 5) is 8.01. The molecule has 0 saturated carbocycles. The number of rotatable bonds is 4. The van der Waals surface area contributed by atoms with Crippen molar-refractivity contribution in [2.75, 3.05) is 11.5 Å². The number of aromatic nitrogens is 2. The van der Waals surface area contributed by atoms with Crippen LogP contribution in [0.25, 0.3) is 11.3 Å². The second kappa shape index (κ2) is 8.01. The molecule has 0 fully saturated rings. The summed E-state index contributed by atoms with van der Waals surface area (Å²) >= 11 is 15.8. The molecule has 0 spiro atoms. The van der Waals surface area contributed by atoms with Crippen LogP contribution in [0, 0.1) is 11.3 Å². The molecule has 3 rings (SSSR count). The summed E-state index contributed by atoms with van der Waals surface area (Å²) in [5.74, 6) is 0.421. The van der Waals surface area contributed by atoms with Gasteiger partial charge in [-0.05, 0) is 30.3 Å². The highest BCUT2D eigenvalue weighted by Crippen LogP contribution is 2.36. The minimum absolute atomic E-state index is 0.0000683. The molecule has 0 aliphatic heterocycles. The van der Waals surface area contributed by atoms with E-state index in [0.29, 0.717) is 26.9 Å². The summed E-state index contributed by atoms with van der Waals surface area (Å²) in [5, 5.41) is 10.4. The number of benzene rings is 2. The van der Waals surface area contributed by atoms with Crippen LogP contribution in [0.5, 0.6) is 5.75 Å². The quantitative estimate of drug-likeness (QED) is 0.572. The van der Waals surface area contributed by atoms with Crippen LogP contribution < -0.4 is 16.2 Å². The van der Waals surface area contributed by atoms with Gasteiger partial charge < -0.3 is 16.2 Å². The maximum atomic E-state index is 9.45. The van der Waals surface area contributed by atoms with Gasteiger partial charge in [-0.2, -0.15) is 10.2 Å². The molecule has 0 atom stereocenters. The number of nitriles is 1. The standard InChI is InChI=1S/C18H12BrCl2N5O/c19-9-4-5-15(27-8-12-13(20)2-1-3-14(12)21)10(6-9)16-11(7-22)17(23)26-18(24)25-16/h1-6H,8H2,(H4,23,24,25,26). The smallest absolute Gasteiger partial charge is 0.222 e. The van der Waals surface area contributed by atoms with Gasteiger partial charge in [0.2, 0.25) is 5.95 Å². The topological polar surface area (TPSA) is 111 Å². The Morgan fingerprint density at radius 3 is 2.48 bits per heavy atom. The predicted molar refractivity (Wildman–Crippen MR) is 110 cm³/mol. The van der Waals surface area contributed by atoms with Gasteiger partial charge in [-0.3, -0.25) is 0 Å². The SMILES string of the molecule is N#Cc1c(N)nc(N)nc1-c1cc(Br)ccc1OCc1c(Cl)cccc1Cl. The second-order valence-electron chi connectivity index (χ2n) is 5.43. The van der Waals surface area contributed by atoms with Crippen LogP contribution in [-0.4, -0.2) is 9.97 Å². The lowest BCUT2D eigenvalue weighted by Crippen LogP contribution is -2.06. The van der Waals surface area contributed by atoms with Crippen LogP contribution in [0.4, 0.5) is 11.8 Å². The highest BCUT2D eigenvalue weighted by Gasteiger charge is 2.18. The van der Waals surface area contributed by atoms with Gasteiger partial charge in [0.1, 0.15) is 29.8 Å². The summed E-state index contributed by atoms with van der Waals surface area (Å²) in [7, 11) is 0. The van der Waals surface area contributed by atoms with Crippen molar-refractivity contribution in [1.82, 2.24) is 9.97 Å². The summed E-state index contributed by atoms with van der Waals surface area (Å²) in [6.45, 7) is 0.130. The van der Waals surface area contributed by atoms with E-state index in [9.17, 15) is 5.26 Å². The number of nitrogens with zero attached hydrogens (tertiary/aromatic N) is 3. The third kappa shape index (κ3) is 4.08. The number of halogens is 3. The molecule has 0 saturated heterocycles. The Balaban J connectivity index is 2.07. The summed E-state index contributed by atoms with van der Waals surface area (Å²) < 4.78 is 6.70. The number of ether oxygens (including phenoxy) is 1. The van der Waals surface area contributed by atoms with Crippen molar-refractivity contribution in [3.8, 4) is 23.1 Å². The molecule has 3 aromatic rings. The van der Waals surface area contributed by atoms with Gasteiger partial charge in [0, 0.05) is 25.6 Å². The zero-order chi connectivity index (χ0) is 19.6. The van der Waals surface area contributed by atoms with Crippen LogP contribution >= 0.6 is 39.1 Å². The van der Waals surface area contributed by atoms with Gasteiger partial charge in [-0.15, -0.1) is 0 Å². The summed E-state index contributed by atoms with van der Waals surface area (Å²) in [5.41, 5.74) is 13.1. The number of nitrogens with two attached hydrogens (primary N) is 2. The molecule has 0 amide bonds. The van der Waals surface area contributed by atoms with E-state index in [-0.39, 0.29) is 29.6 Å². The second-order valence-corrected chi connectivity index (χ2v) is 7.16. The molecule has 1 aromatic heterocycles. The molecule has 0 radical (unpaired) electrons.